The van der Waals surface area contributed by atoms with E-state index in [-0.39, 0.29) is 6.61 Å². The Morgan fingerprint density at radius 2 is 2.16 bits per heavy atom. The van der Waals surface area contributed by atoms with Crippen LogP contribution >= 0.6 is 11.8 Å². The van der Waals surface area contributed by atoms with Gasteiger partial charge in [0, 0.05) is 36.3 Å². The molecule has 0 aromatic heterocycles. The van der Waals surface area contributed by atoms with Crippen LogP contribution in [0, 0.1) is 0 Å². The van der Waals surface area contributed by atoms with E-state index in [1.807, 2.05) is 11.8 Å². The minimum atomic E-state index is 0.202. The quantitative estimate of drug-likeness (QED) is 0.840. The summed E-state index contributed by atoms with van der Waals surface area (Å²) in [4.78, 5) is 2.18. The van der Waals surface area contributed by atoms with Gasteiger partial charge in [0.25, 0.3) is 0 Å². The molecule has 1 atom stereocenters. The Bertz CT molecular complexity index is 363. The molecule has 0 amide bonds. The van der Waals surface area contributed by atoms with Crippen LogP contribution in [0.2, 0.25) is 0 Å². The van der Waals surface area contributed by atoms with E-state index >= 15 is 0 Å². The normalized spacial score (nSPS) is 19.2. The van der Waals surface area contributed by atoms with Crippen molar-refractivity contribution in [1.29, 1.82) is 0 Å². The highest BCUT2D eigenvalue weighted by Crippen LogP contribution is 2.23. The third-order valence-electron chi connectivity index (χ3n) is 3.52. The molecule has 2 rings (SSSR count). The Hall–Kier alpha value is -0.870. The van der Waals surface area contributed by atoms with Crippen LogP contribution in [-0.2, 0) is 0 Å². The Morgan fingerprint density at radius 3 is 2.74 bits per heavy atom. The monoisotopic (exact) mass is 280 g/mol. The van der Waals surface area contributed by atoms with E-state index in [9.17, 15) is 0 Å². The molecule has 19 heavy (non-hydrogen) atoms. The number of aliphatic hydroxyl groups excluding tert-OH is 1. The maximum Gasteiger partial charge on any atom is 0.0606 e. The highest BCUT2D eigenvalue weighted by molar-refractivity contribution is 7.99. The first kappa shape index (κ1) is 14.5. The van der Waals surface area contributed by atoms with Crippen LogP contribution in [0.5, 0.6) is 0 Å². The van der Waals surface area contributed by atoms with Crippen LogP contribution in [0.25, 0.3) is 0 Å². The summed E-state index contributed by atoms with van der Waals surface area (Å²) in [5, 5.41) is 12.7. The fourth-order valence-electron chi connectivity index (χ4n) is 2.45. The lowest BCUT2D eigenvalue weighted by Gasteiger charge is -2.25. The van der Waals surface area contributed by atoms with E-state index in [2.05, 4.69) is 41.4 Å². The van der Waals surface area contributed by atoms with Crippen molar-refractivity contribution in [3.63, 3.8) is 0 Å². The lowest BCUT2D eigenvalue weighted by molar-refractivity contribution is 0.302. The fourth-order valence-corrected chi connectivity index (χ4v) is 3.52. The Labute approximate surface area is 120 Å². The van der Waals surface area contributed by atoms with Gasteiger partial charge in [0.2, 0.25) is 0 Å². The van der Waals surface area contributed by atoms with Crippen LogP contribution < -0.4 is 10.2 Å². The fraction of sp³-hybridized carbons (Fsp3) is 0.600. The van der Waals surface area contributed by atoms with Crippen LogP contribution in [0.15, 0.2) is 24.3 Å². The lowest BCUT2D eigenvalue weighted by Crippen LogP contribution is -2.27. The summed E-state index contributed by atoms with van der Waals surface area (Å²) < 4.78 is 0. The van der Waals surface area contributed by atoms with E-state index in [1.165, 1.54) is 35.7 Å². The molecule has 2 N–H and O–H groups in total. The average molecular weight is 280 g/mol. The molecule has 1 aliphatic rings. The van der Waals surface area contributed by atoms with Gasteiger partial charge < -0.3 is 15.3 Å². The molecule has 1 heterocycles. The molecule has 4 heteroatoms. The predicted octanol–water partition coefficient (Wildman–Crippen LogP) is 2.81. The van der Waals surface area contributed by atoms with Gasteiger partial charge in [-0.1, -0.05) is 0 Å². The summed E-state index contributed by atoms with van der Waals surface area (Å²) in [5.41, 5.74) is 2.39. The second kappa shape index (κ2) is 7.65. The number of aliphatic hydroxyl groups is 1. The molecule has 3 nitrogen and oxygen atoms in total. The first-order valence-corrected chi connectivity index (χ1v) is 8.29. The zero-order chi connectivity index (χ0) is 13.5. The number of hydrogen-bond acceptors (Lipinski definition) is 4. The average Bonchev–Trinajstić information content (AvgIpc) is 2.47. The molecule has 0 radical (unpaired) electrons. The summed E-state index contributed by atoms with van der Waals surface area (Å²) in [7, 11) is 0. The standard InChI is InChI=1S/C15H24N2OS/c1-2-17(9-10-18)15-7-5-13(6-8-15)16-14-4-3-11-19-12-14/h5-8,14,16,18H,2-4,9-12H2,1H3. The van der Waals surface area contributed by atoms with Crippen molar-refractivity contribution in [2.24, 2.45) is 0 Å². The van der Waals surface area contributed by atoms with Crippen molar-refractivity contribution in [3.8, 4) is 0 Å². The van der Waals surface area contributed by atoms with Gasteiger partial charge in [-0.15, -0.1) is 0 Å². The predicted molar refractivity (Wildman–Crippen MR) is 85.4 cm³/mol. The van der Waals surface area contributed by atoms with Crippen LogP contribution in [0.1, 0.15) is 19.8 Å². The molecule has 0 saturated carbocycles. The number of rotatable bonds is 6. The number of likely N-dealkylation sites (N-methyl/N-ethyl adjacent to an activating group) is 1. The number of nitrogens with zero attached hydrogens (tertiary/aromatic N) is 1. The van der Waals surface area contributed by atoms with Crippen molar-refractivity contribution in [2.75, 3.05) is 41.4 Å². The van der Waals surface area contributed by atoms with Gasteiger partial charge in [-0.25, -0.2) is 0 Å². The van der Waals surface area contributed by atoms with Gasteiger partial charge >= 0.3 is 0 Å². The van der Waals surface area contributed by atoms with Crippen LogP contribution in [0.4, 0.5) is 11.4 Å². The summed E-state index contributed by atoms with van der Waals surface area (Å²) in [6, 6.07) is 9.18. The number of nitrogens with one attached hydrogen (secondary N) is 1. The minimum Gasteiger partial charge on any atom is -0.395 e. The Balaban J connectivity index is 1.93. The SMILES string of the molecule is CCN(CCO)c1ccc(NC2CCCSC2)cc1. The summed E-state index contributed by atoms with van der Waals surface area (Å²) in [6.45, 7) is 3.93. The molecule has 1 fully saturated rings. The molecule has 1 aromatic rings. The van der Waals surface area contributed by atoms with E-state index in [0.717, 1.165) is 6.54 Å². The molecule has 1 unspecified atom stereocenters. The number of hydrogen-bond donors (Lipinski definition) is 2. The van der Waals surface area contributed by atoms with Crippen molar-refractivity contribution in [3.05, 3.63) is 24.3 Å². The highest BCUT2D eigenvalue weighted by atomic mass is 32.2. The van der Waals surface area contributed by atoms with E-state index < -0.39 is 0 Å². The molecular weight excluding hydrogens is 256 g/mol. The zero-order valence-corrected chi connectivity index (χ0v) is 12.5. The third-order valence-corrected chi connectivity index (χ3v) is 4.73. The third kappa shape index (κ3) is 4.32. The largest absolute Gasteiger partial charge is 0.395 e. The van der Waals surface area contributed by atoms with Crippen molar-refractivity contribution >= 4 is 23.1 Å². The van der Waals surface area contributed by atoms with Gasteiger partial charge in [0.1, 0.15) is 0 Å². The maximum atomic E-state index is 9.04. The Morgan fingerprint density at radius 1 is 1.37 bits per heavy atom. The molecule has 0 aliphatic carbocycles. The molecule has 0 spiro atoms. The van der Waals surface area contributed by atoms with Gasteiger partial charge in [-0.05, 0) is 49.8 Å². The van der Waals surface area contributed by atoms with Gasteiger partial charge in [-0.2, -0.15) is 11.8 Å². The van der Waals surface area contributed by atoms with Gasteiger partial charge in [0.05, 0.1) is 6.61 Å². The molecule has 1 aromatic carbocycles. The van der Waals surface area contributed by atoms with Gasteiger partial charge in [-0.3, -0.25) is 0 Å². The number of anilines is 2. The molecule has 1 saturated heterocycles. The van der Waals surface area contributed by atoms with Crippen molar-refractivity contribution in [2.45, 2.75) is 25.8 Å². The second-order valence-corrected chi connectivity index (χ2v) is 6.06. The molecule has 0 bridgehead atoms. The molecular formula is C15H24N2OS. The first-order valence-electron chi connectivity index (χ1n) is 7.13. The topological polar surface area (TPSA) is 35.5 Å². The second-order valence-electron chi connectivity index (χ2n) is 4.91. The van der Waals surface area contributed by atoms with E-state index in [1.54, 1.807) is 0 Å². The lowest BCUT2D eigenvalue weighted by atomic mass is 10.1. The summed E-state index contributed by atoms with van der Waals surface area (Å²) in [5.74, 6) is 2.52. The molecule has 106 valence electrons. The smallest absolute Gasteiger partial charge is 0.0606 e. The Kier molecular flexibility index (Phi) is 5.86. The van der Waals surface area contributed by atoms with Crippen LogP contribution in [0.3, 0.4) is 0 Å². The summed E-state index contributed by atoms with van der Waals surface area (Å²) in [6.07, 6.45) is 2.60. The number of benzene rings is 1. The van der Waals surface area contributed by atoms with Crippen molar-refractivity contribution in [1.82, 2.24) is 0 Å². The number of thioether (sulfide) groups is 1. The zero-order valence-electron chi connectivity index (χ0n) is 11.6. The highest BCUT2D eigenvalue weighted by Gasteiger charge is 2.13. The summed E-state index contributed by atoms with van der Waals surface area (Å²) >= 11 is 2.04. The van der Waals surface area contributed by atoms with E-state index in [4.69, 9.17) is 5.11 Å². The van der Waals surface area contributed by atoms with Crippen molar-refractivity contribution < 1.29 is 5.11 Å². The molecule has 1 aliphatic heterocycles. The van der Waals surface area contributed by atoms with Crippen LogP contribution in [-0.4, -0.2) is 42.4 Å². The first-order chi connectivity index (χ1) is 9.33. The van der Waals surface area contributed by atoms with E-state index in [0.29, 0.717) is 12.6 Å². The van der Waals surface area contributed by atoms with Gasteiger partial charge in [0.15, 0.2) is 0 Å². The minimum absolute atomic E-state index is 0.202. The maximum absolute atomic E-state index is 9.04.